The highest BCUT2D eigenvalue weighted by Gasteiger charge is 2.21. The smallest absolute Gasteiger partial charge is 0.262 e. The van der Waals surface area contributed by atoms with Gasteiger partial charge in [0.2, 0.25) is 0 Å². The van der Waals surface area contributed by atoms with Crippen LogP contribution in [0, 0.1) is 11.6 Å². The van der Waals surface area contributed by atoms with Gasteiger partial charge in [-0.1, -0.05) is 0 Å². The molecule has 1 aromatic heterocycles. The number of aromatic nitrogens is 1. The molecule has 0 atom stereocenters. The largest absolute Gasteiger partial charge is 0.266 e. The molecule has 0 aliphatic rings. The summed E-state index contributed by atoms with van der Waals surface area (Å²) < 4.78 is 52.8. The van der Waals surface area contributed by atoms with E-state index in [1.807, 2.05) is 0 Å². The summed E-state index contributed by atoms with van der Waals surface area (Å²) in [6, 6.07) is 5.34. The van der Waals surface area contributed by atoms with Crippen molar-refractivity contribution >= 4 is 31.8 Å². The van der Waals surface area contributed by atoms with E-state index in [2.05, 4.69) is 25.6 Å². The van der Waals surface area contributed by atoms with Crippen molar-refractivity contribution in [2.24, 2.45) is 0 Å². The molecule has 0 saturated heterocycles. The number of nitrogens with one attached hydrogen (secondary N) is 1. The van der Waals surface area contributed by atoms with Gasteiger partial charge in [0.25, 0.3) is 10.0 Å². The van der Waals surface area contributed by atoms with E-state index in [4.69, 9.17) is 0 Å². The molecule has 0 radical (unpaired) electrons. The van der Waals surface area contributed by atoms with Gasteiger partial charge in [0.15, 0.2) is 5.82 Å². The molecule has 2 rings (SSSR count). The Kier molecular flexibility index (Phi) is 3.81. The highest BCUT2D eigenvalue weighted by Crippen LogP contribution is 2.23. The van der Waals surface area contributed by atoms with Crippen LogP contribution in [0.5, 0.6) is 0 Å². The average molecular weight is 349 g/mol. The number of pyridine rings is 1. The Morgan fingerprint density at radius 1 is 1.21 bits per heavy atom. The normalized spacial score (nSPS) is 11.3. The first kappa shape index (κ1) is 13.9. The third-order valence-corrected chi connectivity index (χ3v) is 4.17. The molecule has 0 amide bonds. The minimum absolute atomic E-state index is 0.00818. The van der Waals surface area contributed by atoms with E-state index in [0.29, 0.717) is 10.5 Å². The molecule has 1 N–H and O–H groups in total. The van der Waals surface area contributed by atoms with Crippen LogP contribution in [0.3, 0.4) is 0 Å². The van der Waals surface area contributed by atoms with Crippen molar-refractivity contribution in [2.75, 3.05) is 4.72 Å². The molecule has 0 spiro atoms. The average Bonchev–Trinajstić information content (AvgIpc) is 2.35. The Morgan fingerprint density at radius 2 is 1.95 bits per heavy atom. The van der Waals surface area contributed by atoms with Gasteiger partial charge in [-0.05, 0) is 46.3 Å². The molecule has 1 aromatic carbocycles. The molecule has 100 valence electrons. The van der Waals surface area contributed by atoms with Crippen LogP contribution in [0.25, 0.3) is 0 Å². The SMILES string of the molecule is O=S(=O)(Nc1ncccc1Br)c1cc(F)ccc1F. The van der Waals surface area contributed by atoms with Gasteiger partial charge >= 0.3 is 0 Å². The molecule has 0 fully saturated rings. The first-order chi connectivity index (χ1) is 8.90. The number of halogens is 3. The lowest BCUT2D eigenvalue weighted by atomic mass is 10.3. The maximum absolute atomic E-state index is 13.5. The third kappa shape index (κ3) is 3.07. The van der Waals surface area contributed by atoms with Gasteiger partial charge < -0.3 is 0 Å². The van der Waals surface area contributed by atoms with Gasteiger partial charge in [-0.3, -0.25) is 4.72 Å². The highest BCUT2D eigenvalue weighted by atomic mass is 79.9. The van der Waals surface area contributed by atoms with E-state index >= 15 is 0 Å². The van der Waals surface area contributed by atoms with Crippen molar-refractivity contribution < 1.29 is 17.2 Å². The fourth-order valence-electron chi connectivity index (χ4n) is 1.33. The molecule has 0 aliphatic carbocycles. The maximum Gasteiger partial charge on any atom is 0.266 e. The molecule has 1 heterocycles. The minimum Gasteiger partial charge on any atom is -0.262 e. The van der Waals surface area contributed by atoms with E-state index in [-0.39, 0.29) is 5.82 Å². The van der Waals surface area contributed by atoms with E-state index in [1.165, 1.54) is 6.20 Å². The van der Waals surface area contributed by atoms with Crippen LogP contribution >= 0.6 is 15.9 Å². The van der Waals surface area contributed by atoms with Gasteiger partial charge in [-0.15, -0.1) is 0 Å². The molecule has 0 saturated carbocycles. The monoisotopic (exact) mass is 348 g/mol. The van der Waals surface area contributed by atoms with Crippen LogP contribution in [0.15, 0.2) is 45.9 Å². The topological polar surface area (TPSA) is 59.1 Å². The van der Waals surface area contributed by atoms with Gasteiger partial charge in [-0.2, -0.15) is 0 Å². The second-order valence-corrected chi connectivity index (χ2v) is 6.02. The molecule has 0 unspecified atom stereocenters. The zero-order valence-electron chi connectivity index (χ0n) is 9.27. The molecule has 0 aliphatic heterocycles. The van der Waals surface area contributed by atoms with Crippen molar-refractivity contribution in [3.05, 3.63) is 52.6 Å². The number of sulfonamides is 1. The quantitative estimate of drug-likeness (QED) is 0.927. The van der Waals surface area contributed by atoms with Crippen molar-refractivity contribution in [1.29, 1.82) is 0 Å². The number of benzene rings is 1. The summed E-state index contributed by atoms with van der Waals surface area (Å²) in [6.45, 7) is 0. The van der Waals surface area contributed by atoms with E-state index in [9.17, 15) is 17.2 Å². The van der Waals surface area contributed by atoms with Crippen LogP contribution < -0.4 is 4.72 Å². The van der Waals surface area contributed by atoms with Crippen molar-refractivity contribution in [1.82, 2.24) is 4.98 Å². The standard InChI is InChI=1S/C11H7BrF2N2O2S/c12-8-2-1-5-15-11(8)16-19(17,18)10-6-7(13)3-4-9(10)14/h1-6H,(H,15,16). The Bertz CT molecular complexity index is 722. The summed E-state index contributed by atoms with van der Waals surface area (Å²) in [5, 5.41) is 0. The zero-order valence-corrected chi connectivity index (χ0v) is 11.7. The predicted molar refractivity (Wildman–Crippen MR) is 69.1 cm³/mol. The fourth-order valence-corrected chi connectivity index (χ4v) is 2.93. The molecule has 8 heteroatoms. The van der Waals surface area contributed by atoms with E-state index in [1.54, 1.807) is 12.1 Å². The van der Waals surface area contributed by atoms with Crippen molar-refractivity contribution in [3.8, 4) is 0 Å². The second kappa shape index (κ2) is 5.22. The zero-order chi connectivity index (χ0) is 14.0. The van der Waals surface area contributed by atoms with E-state index < -0.39 is 26.6 Å². The lowest BCUT2D eigenvalue weighted by molar-refractivity contribution is 0.555. The van der Waals surface area contributed by atoms with Gasteiger partial charge in [0, 0.05) is 6.20 Å². The Hall–Kier alpha value is -1.54. The maximum atomic E-state index is 13.5. The molecule has 4 nitrogen and oxygen atoms in total. The van der Waals surface area contributed by atoms with Gasteiger partial charge in [-0.25, -0.2) is 22.2 Å². The van der Waals surface area contributed by atoms with Crippen LogP contribution in [0.2, 0.25) is 0 Å². The summed E-state index contributed by atoms with van der Waals surface area (Å²) in [5.74, 6) is -1.89. The second-order valence-electron chi connectivity index (χ2n) is 3.51. The summed E-state index contributed by atoms with van der Waals surface area (Å²) >= 11 is 3.10. The summed E-state index contributed by atoms with van der Waals surface area (Å²) in [7, 11) is -4.25. The van der Waals surface area contributed by atoms with E-state index in [0.717, 1.165) is 12.1 Å². The molecule has 0 bridgehead atoms. The van der Waals surface area contributed by atoms with Gasteiger partial charge in [0.05, 0.1) is 4.47 Å². The summed E-state index contributed by atoms with van der Waals surface area (Å²) in [5.41, 5.74) is 0. The van der Waals surface area contributed by atoms with Crippen molar-refractivity contribution in [3.63, 3.8) is 0 Å². The van der Waals surface area contributed by atoms with Crippen LogP contribution in [0.4, 0.5) is 14.6 Å². The number of rotatable bonds is 3. The Morgan fingerprint density at radius 3 is 2.63 bits per heavy atom. The van der Waals surface area contributed by atoms with Crippen LogP contribution in [-0.4, -0.2) is 13.4 Å². The predicted octanol–water partition coefficient (Wildman–Crippen LogP) is 2.92. The number of hydrogen-bond donors (Lipinski definition) is 1. The third-order valence-electron chi connectivity index (χ3n) is 2.17. The Labute approximate surface area is 116 Å². The summed E-state index contributed by atoms with van der Waals surface area (Å²) in [6.07, 6.45) is 1.37. The number of nitrogens with zero attached hydrogens (tertiary/aromatic N) is 1. The molecule has 19 heavy (non-hydrogen) atoms. The van der Waals surface area contributed by atoms with Crippen molar-refractivity contribution in [2.45, 2.75) is 4.90 Å². The highest BCUT2D eigenvalue weighted by molar-refractivity contribution is 9.10. The van der Waals surface area contributed by atoms with Crippen LogP contribution in [0.1, 0.15) is 0 Å². The molecular formula is C11H7BrF2N2O2S. The first-order valence-corrected chi connectivity index (χ1v) is 7.26. The number of hydrogen-bond acceptors (Lipinski definition) is 3. The lowest BCUT2D eigenvalue weighted by Gasteiger charge is -2.09. The fraction of sp³-hybridized carbons (Fsp3) is 0. The Balaban J connectivity index is 2.44. The number of anilines is 1. The molecular weight excluding hydrogens is 342 g/mol. The lowest BCUT2D eigenvalue weighted by Crippen LogP contribution is -2.16. The van der Waals surface area contributed by atoms with Gasteiger partial charge in [0.1, 0.15) is 16.5 Å². The first-order valence-electron chi connectivity index (χ1n) is 4.98. The molecule has 2 aromatic rings. The minimum atomic E-state index is -4.25. The van der Waals surface area contributed by atoms with Crippen LogP contribution in [-0.2, 0) is 10.0 Å². The summed E-state index contributed by atoms with van der Waals surface area (Å²) in [4.78, 5) is 3.01.